The molecular weight excluding hydrogens is 307 g/mol. The first-order chi connectivity index (χ1) is 12.2. The van der Waals surface area contributed by atoms with Crippen molar-refractivity contribution >= 4 is 0 Å². The second-order valence-corrected chi connectivity index (χ2v) is 7.94. The normalized spacial score (nSPS) is 30.0. The Kier molecular flexibility index (Phi) is 6.74. The van der Waals surface area contributed by atoms with Gasteiger partial charge in [0.1, 0.15) is 5.82 Å². The minimum atomic E-state index is -0.140. The van der Waals surface area contributed by atoms with Gasteiger partial charge in [-0.3, -0.25) is 0 Å². The molecule has 134 valence electrons. The van der Waals surface area contributed by atoms with Crippen molar-refractivity contribution in [3.8, 4) is 11.8 Å². The highest BCUT2D eigenvalue weighted by atomic mass is 19.1. The molecule has 1 aromatic carbocycles. The molecule has 25 heavy (non-hydrogen) atoms. The number of rotatable bonds is 3. The summed E-state index contributed by atoms with van der Waals surface area (Å²) < 4.78 is 13.0. The third-order valence-corrected chi connectivity index (χ3v) is 6.28. The standard InChI is InChI=1S/C24H31F/c1-2-19-7-9-20(10-8-19)5-3-4-6-21-11-13-22(14-12-21)23-15-17-24(25)18-16-23/h3,5,15-22H,2,7-14H2,1H3/b5-3+. The summed E-state index contributed by atoms with van der Waals surface area (Å²) >= 11 is 0. The quantitative estimate of drug-likeness (QED) is 0.527. The average Bonchev–Trinajstić information content (AvgIpc) is 2.67. The monoisotopic (exact) mass is 338 g/mol. The van der Waals surface area contributed by atoms with Gasteiger partial charge in [-0.15, -0.1) is 0 Å². The van der Waals surface area contributed by atoms with Gasteiger partial charge in [0.05, 0.1) is 0 Å². The Hall–Kier alpha value is -1.55. The maximum absolute atomic E-state index is 13.0. The summed E-state index contributed by atoms with van der Waals surface area (Å²) in [6.07, 6.45) is 16.0. The molecule has 0 N–H and O–H groups in total. The van der Waals surface area contributed by atoms with E-state index in [-0.39, 0.29) is 5.82 Å². The second-order valence-electron chi connectivity index (χ2n) is 7.94. The van der Waals surface area contributed by atoms with Crippen molar-refractivity contribution in [2.45, 2.75) is 70.6 Å². The van der Waals surface area contributed by atoms with Crippen LogP contribution in [0.4, 0.5) is 4.39 Å². The maximum atomic E-state index is 13.0. The van der Waals surface area contributed by atoms with Crippen LogP contribution >= 0.6 is 0 Å². The topological polar surface area (TPSA) is 0 Å². The molecule has 3 rings (SSSR count). The first kappa shape index (κ1) is 18.2. The molecule has 1 aromatic rings. The molecule has 2 aliphatic carbocycles. The van der Waals surface area contributed by atoms with Crippen LogP contribution in [-0.2, 0) is 0 Å². The van der Waals surface area contributed by atoms with Gasteiger partial charge >= 0.3 is 0 Å². The minimum Gasteiger partial charge on any atom is -0.207 e. The van der Waals surface area contributed by atoms with Gasteiger partial charge in [0, 0.05) is 5.92 Å². The van der Waals surface area contributed by atoms with E-state index in [0.29, 0.717) is 11.8 Å². The molecule has 0 heterocycles. The molecule has 0 amide bonds. The van der Waals surface area contributed by atoms with Crippen molar-refractivity contribution in [1.82, 2.24) is 0 Å². The van der Waals surface area contributed by atoms with E-state index in [2.05, 4.69) is 30.9 Å². The van der Waals surface area contributed by atoms with Gasteiger partial charge in [-0.25, -0.2) is 4.39 Å². The van der Waals surface area contributed by atoms with Crippen molar-refractivity contribution < 1.29 is 4.39 Å². The van der Waals surface area contributed by atoms with Crippen molar-refractivity contribution in [3.63, 3.8) is 0 Å². The number of hydrogen-bond acceptors (Lipinski definition) is 0. The lowest BCUT2D eigenvalue weighted by atomic mass is 9.79. The fourth-order valence-electron chi connectivity index (χ4n) is 4.45. The van der Waals surface area contributed by atoms with Gasteiger partial charge in [0.15, 0.2) is 0 Å². The molecular formula is C24H31F. The predicted molar refractivity (Wildman–Crippen MR) is 104 cm³/mol. The van der Waals surface area contributed by atoms with Crippen LogP contribution in [0, 0.1) is 35.4 Å². The van der Waals surface area contributed by atoms with Crippen molar-refractivity contribution in [2.24, 2.45) is 17.8 Å². The summed E-state index contributed by atoms with van der Waals surface area (Å²) in [5.41, 5.74) is 1.29. The van der Waals surface area contributed by atoms with E-state index in [1.54, 1.807) is 12.1 Å². The Morgan fingerprint density at radius 1 is 0.960 bits per heavy atom. The summed E-state index contributed by atoms with van der Waals surface area (Å²) in [5.74, 6) is 9.48. The first-order valence-electron chi connectivity index (χ1n) is 10.2. The van der Waals surface area contributed by atoms with Crippen LogP contribution in [0.5, 0.6) is 0 Å². The molecule has 0 aromatic heterocycles. The molecule has 0 spiro atoms. The van der Waals surface area contributed by atoms with E-state index in [4.69, 9.17) is 0 Å². The summed E-state index contributed by atoms with van der Waals surface area (Å²) in [6, 6.07) is 7.06. The van der Waals surface area contributed by atoms with Gasteiger partial charge < -0.3 is 0 Å². The number of benzene rings is 1. The van der Waals surface area contributed by atoms with Gasteiger partial charge in [-0.1, -0.05) is 43.4 Å². The van der Waals surface area contributed by atoms with E-state index >= 15 is 0 Å². The average molecular weight is 339 g/mol. The van der Waals surface area contributed by atoms with Gasteiger partial charge in [0.2, 0.25) is 0 Å². The summed E-state index contributed by atoms with van der Waals surface area (Å²) in [7, 11) is 0. The zero-order valence-electron chi connectivity index (χ0n) is 15.5. The fraction of sp³-hybridized carbons (Fsp3) is 0.583. The second kappa shape index (κ2) is 9.23. The Bertz CT molecular complexity index is 600. The van der Waals surface area contributed by atoms with Crippen LogP contribution in [0.2, 0.25) is 0 Å². The molecule has 0 radical (unpaired) electrons. The van der Waals surface area contributed by atoms with Gasteiger partial charge in [-0.2, -0.15) is 0 Å². The van der Waals surface area contributed by atoms with E-state index in [9.17, 15) is 4.39 Å². The molecule has 0 aliphatic heterocycles. The van der Waals surface area contributed by atoms with E-state index in [1.165, 1.54) is 63.4 Å². The maximum Gasteiger partial charge on any atom is 0.123 e. The van der Waals surface area contributed by atoms with Gasteiger partial charge in [-0.05, 0) is 92.9 Å². The molecule has 0 atom stereocenters. The van der Waals surface area contributed by atoms with Crippen molar-refractivity contribution in [1.29, 1.82) is 0 Å². The summed E-state index contributed by atoms with van der Waals surface area (Å²) in [4.78, 5) is 0. The summed E-state index contributed by atoms with van der Waals surface area (Å²) in [5, 5.41) is 0. The Labute approximate surface area is 152 Å². The molecule has 0 nitrogen and oxygen atoms in total. The third kappa shape index (κ3) is 5.46. The van der Waals surface area contributed by atoms with E-state index in [0.717, 1.165) is 11.8 Å². The van der Waals surface area contributed by atoms with E-state index in [1.807, 2.05) is 12.1 Å². The highest BCUT2D eigenvalue weighted by Crippen LogP contribution is 2.35. The molecule has 0 saturated heterocycles. The third-order valence-electron chi connectivity index (χ3n) is 6.28. The SMILES string of the molecule is CCC1CCC(/C=C/C#CC2CCC(c3ccc(F)cc3)CC2)CC1. The van der Waals surface area contributed by atoms with Crippen LogP contribution in [0.1, 0.15) is 76.2 Å². The lowest BCUT2D eigenvalue weighted by molar-refractivity contribution is 0.304. The molecule has 0 unspecified atom stereocenters. The minimum absolute atomic E-state index is 0.140. The van der Waals surface area contributed by atoms with E-state index < -0.39 is 0 Å². The van der Waals surface area contributed by atoms with Crippen LogP contribution in [0.3, 0.4) is 0 Å². The largest absolute Gasteiger partial charge is 0.207 e. The van der Waals surface area contributed by atoms with Gasteiger partial charge in [0.25, 0.3) is 0 Å². The highest BCUT2D eigenvalue weighted by Gasteiger charge is 2.21. The molecule has 2 aliphatic rings. The number of hydrogen-bond donors (Lipinski definition) is 0. The molecule has 2 saturated carbocycles. The molecule has 0 bridgehead atoms. The fourth-order valence-corrected chi connectivity index (χ4v) is 4.45. The summed E-state index contributed by atoms with van der Waals surface area (Å²) in [6.45, 7) is 2.32. The Morgan fingerprint density at radius 2 is 1.64 bits per heavy atom. The molecule has 1 heteroatoms. The van der Waals surface area contributed by atoms with Crippen molar-refractivity contribution in [3.05, 3.63) is 47.8 Å². The Morgan fingerprint density at radius 3 is 2.28 bits per heavy atom. The van der Waals surface area contributed by atoms with Crippen molar-refractivity contribution in [2.75, 3.05) is 0 Å². The zero-order chi connectivity index (χ0) is 17.5. The Balaban J connectivity index is 1.41. The lowest BCUT2D eigenvalue weighted by Crippen LogP contribution is -2.12. The number of halogens is 1. The lowest BCUT2D eigenvalue weighted by Gasteiger charge is -2.26. The number of allylic oxidation sites excluding steroid dienone is 2. The van der Waals surface area contributed by atoms with Crippen LogP contribution < -0.4 is 0 Å². The van der Waals surface area contributed by atoms with Crippen LogP contribution in [0.15, 0.2) is 36.4 Å². The predicted octanol–water partition coefficient (Wildman–Crippen LogP) is 6.88. The van der Waals surface area contributed by atoms with Crippen LogP contribution in [-0.4, -0.2) is 0 Å². The smallest absolute Gasteiger partial charge is 0.123 e. The zero-order valence-corrected chi connectivity index (χ0v) is 15.5. The first-order valence-corrected chi connectivity index (χ1v) is 10.2. The van der Waals surface area contributed by atoms with Crippen LogP contribution in [0.25, 0.3) is 0 Å². The molecule has 2 fully saturated rings. The highest BCUT2D eigenvalue weighted by molar-refractivity contribution is 5.23.